The van der Waals surface area contributed by atoms with Gasteiger partial charge in [-0.2, -0.15) is 0 Å². The quantitative estimate of drug-likeness (QED) is 0.885. The maximum Gasteiger partial charge on any atom is 0.254 e. The van der Waals surface area contributed by atoms with Crippen molar-refractivity contribution in [1.82, 2.24) is 15.2 Å². The summed E-state index contributed by atoms with van der Waals surface area (Å²) in [7, 11) is 1.50. The normalized spacial score (nSPS) is 19.1. The number of amides is 2. The molecular formula is C15H21N3O3. The number of nitrogens with one attached hydrogen (secondary N) is 1. The Morgan fingerprint density at radius 2 is 2.19 bits per heavy atom. The number of carbonyl (C=O) groups excluding carboxylic acids is 2. The van der Waals surface area contributed by atoms with E-state index in [-0.39, 0.29) is 29.8 Å². The van der Waals surface area contributed by atoms with Crippen molar-refractivity contribution in [2.45, 2.75) is 26.8 Å². The maximum atomic E-state index is 12.7. The van der Waals surface area contributed by atoms with Gasteiger partial charge in [0.25, 0.3) is 5.91 Å². The molecule has 6 nitrogen and oxygen atoms in total. The van der Waals surface area contributed by atoms with Crippen LogP contribution in [0.3, 0.4) is 0 Å². The van der Waals surface area contributed by atoms with Gasteiger partial charge in [-0.25, -0.2) is 4.98 Å². The molecule has 1 aliphatic heterocycles. The summed E-state index contributed by atoms with van der Waals surface area (Å²) >= 11 is 0. The van der Waals surface area contributed by atoms with E-state index in [1.165, 1.54) is 13.3 Å². The summed E-state index contributed by atoms with van der Waals surface area (Å²) < 4.78 is 5.05. The van der Waals surface area contributed by atoms with Crippen molar-refractivity contribution in [2.24, 2.45) is 5.41 Å². The highest BCUT2D eigenvalue weighted by Gasteiger charge is 2.38. The molecule has 0 aliphatic carbocycles. The highest BCUT2D eigenvalue weighted by atomic mass is 16.5. The number of ether oxygens (including phenoxy) is 1. The van der Waals surface area contributed by atoms with E-state index in [9.17, 15) is 9.59 Å². The van der Waals surface area contributed by atoms with Crippen molar-refractivity contribution < 1.29 is 14.3 Å². The summed E-state index contributed by atoms with van der Waals surface area (Å²) in [6, 6.07) is 3.17. The zero-order valence-corrected chi connectivity index (χ0v) is 12.8. The SMILES string of the molecule is COc1cc(C(=O)N2CC(=O)NCC2C(C)(C)C)ccn1. The molecule has 1 aliphatic rings. The lowest BCUT2D eigenvalue weighted by atomic mass is 9.84. The van der Waals surface area contributed by atoms with Crippen molar-refractivity contribution in [3.8, 4) is 5.88 Å². The van der Waals surface area contributed by atoms with Crippen molar-refractivity contribution in [3.63, 3.8) is 0 Å². The molecule has 1 aromatic rings. The summed E-state index contributed by atoms with van der Waals surface area (Å²) in [5, 5.41) is 2.83. The molecule has 1 atom stereocenters. The first-order valence-corrected chi connectivity index (χ1v) is 6.90. The Kier molecular flexibility index (Phi) is 4.16. The van der Waals surface area contributed by atoms with Crippen LogP contribution < -0.4 is 10.1 Å². The number of pyridine rings is 1. The first kappa shape index (κ1) is 15.3. The number of carbonyl (C=O) groups is 2. The predicted octanol–water partition coefficient (Wildman–Crippen LogP) is 1.08. The molecule has 1 saturated heterocycles. The number of hydrogen-bond donors (Lipinski definition) is 1. The van der Waals surface area contributed by atoms with E-state index in [4.69, 9.17) is 4.74 Å². The third kappa shape index (κ3) is 3.32. The molecule has 0 radical (unpaired) electrons. The highest BCUT2D eigenvalue weighted by molar-refractivity contribution is 5.97. The van der Waals surface area contributed by atoms with E-state index in [2.05, 4.69) is 31.1 Å². The predicted molar refractivity (Wildman–Crippen MR) is 78.1 cm³/mol. The first-order chi connectivity index (χ1) is 9.82. The molecule has 114 valence electrons. The lowest BCUT2D eigenvalue weighted by molar-refractivity contribution is -0.125. The molecular weight excluding hydrogens is 270 g/mol. The zero-order chi connectivity index (χ0) is 15.6. The molecule has 6 heteroatoms. The first-order valence-electron chi connectivity index (χ1n) is 6.90. The van der Waals surface area contributed by atoms with Gasteiger partial charge in [0.1, 0.15) is 6.54 Å². The topological polar surface area (TPSA) is 71.5 Å². The van der Waals surface area contributed by atoms with Gasteiger partial charge in [0.05, 0.1) is 13.2 Å². The largest absolute Gasteiger partial charge is 0.481 e. The summed E-state index contributed by atoms with van der Waals surface area (Å²) in [5.41, 5.74) is 0.353. The van der Waals surface area contributed by atoms with Gasteiger partial charge in [-0.05, 0) is 11.5 Å². The highest BCUT2D eigenvalue weighted by Crippen LogP contribution is 2.27. The Morgan fingerprint density at radius 1 is 1.48 bits per heavy atom. The Bertz CT molecular complexity index is 551. The number of methoxy groups -OCH3 is 1. The van der Waals surface area contributed by atoms with Crippen LogP contribution in [0.5, 0.6) is 5.88 Å². The number of aromatic nitrogens is 1. The van der Waals surface area contributed by atoms with E-state index >= 15 is 0 Å². The third-order valence-electron chi connectivity index (χ3n) is 3.63. The minimum Gasteiger partial charge on any atom is -0.481 e. The van der Waals surface area contributed by atoms with Gasteiger partial charge in [0, 0.05) is 24.4 Å². The van der Waals surface area contributed by atoms with Crippen LogP contribution in [0.25, 0.3) is 0 Å². The standard InChI is InChI=1S/C15H21N3O3/c1-15(2,3)11-8-17-12(19)9-18(11)14(20)10-5-6-16-13(7-10)21-4/h5-7,11H,8-9H2,1-4H3,(H,17,19). The zero-order valence-electron chi connectivity index (χ0n) is 12.8. The molecule has 2 rings (SSSR count). The number of rotatable bonds is 2. The van der Waals surface area contributed by atoms with Gasteiger partial charge < -0.3 is 15.0 Å². The molecule has 1 unspecified atom stereocenters. The van der Waals surface area contributed by atoms with Crippen LogP contribution in [0, 0.1) is 5.41 Å². The minimum atomic E-state index is -0.175. The Balaban J connectivity index is 2.30. The number of nitrogens with zero attached hydrogens (tertiary/aromatic N) is 2. The summed E-state index contributed by atoms with van der Waals surface area (Å²) in [5.74, 6) is 0.0740. The van der Waals surface area contributed by atoms with Crippen molar-refractivity contribution in [2.75, 3.05) is 20.2 Å². The van der Waals surface area contributed by atoms with Gasteiger partial charge in [-0.15, -0.1) is 0 Å². The Hall–Kier alpha value is -2.11. The third-order valence-corrected chi connectivity index (χ3v) is 3.63. The lowest BCUT2D eigenvalue weighted by Crippen LogP contribution is -2.60. The smallest absolute Gasteiger partial charge is 0.254 e. The van der Waals surface area contributed by atoms with Gasteiger partial charge in [0.15, 0.2) is 0 Å². The molecule has 2 amide bonds. The molecule has 0 spiro atoms. The van der Waals surface area contributed by atoms with Gasteiger partial charge >= 0.3 is 0 Å². The second kappa shape index (κ2) is 5.71. The van der Waals surface area contributed by atoms with Crippen LogP contribution in [-0.4, -0.2) is 47.9 Å². The van der Waals surface area contributed by atoms with Crippen molar-refractivity contribution >= 4 is 11.8 Å². The fourth-order valence-electron chi connectivity index (χ4n) is 2.45. The Morgan fingerprint density at radius 3 is 2.81 bits per heavy atom. The molecule has 21 heavy (non-hydrogen) atoms. The molecule has 1 N–H and O–H groups in total. The van der Waals surface area contributed by atoms with Crippen LogP contribution in [0.4, 0.5) is 0 Å². The van der Waals surface area contributed by atoms with E-state index < -0.39 is 0 Å². The van der Waals surface area contributed by atoms with Gasteiger partial charge in [0.2, 0.25) is 11.8 Å². The minimum absolute atomic E-state index is 0.0538. The Labute approximate surface area is 124 Å². The van der Waals surface area contributed by atoms with Crippen molar-refractivity contribution in [3.05, 3.63) is 23.9 Å². The van der Waals surface area contributed by atoms with Crippen LogP contribution in [0.2, 0.25) is 0 Å². The van der Waals surface area contributed by atoms with E-state index in [0.717, 1.165) is 0 Å². The monoisotopic (exact) mass is 291 g/mol. The molecule has 1 aromatic heterocycles. The molecule has 0 aromatic carbocycles. The second-order valence-corrected chi connectivity index (χ2v) is 6.21. The maximum absolute atomic E-state index is 12.7. The van der Waals surface area contributed by atoms with E-state index in [0.29, 0.717) is 18.0 Å². The van der Waals surface area contributed by atoms with Crippen LogP contribution in [0.1, 0.15) is 31.1 Å². The number of piperazine rings is 1. The van der Waals surface area contributed by atoms with Gasteiger partial charge in [-0.3, -0.25) is 9.59 Å². The van der Waals surface area contributed by atoms with Crippen LogP contribution in [-0.2, 0) is 4.79 Å². The average molecular weight is 291 g/mol. The summed E-state index contributed by atoms with van der Waals surface area (Å²) in [6.07, 6.45) is 1.53. The van der Waals surface area contributed by atoms with Crippen LogP contribution in [0.15, 0.2) is 18.3 Å². The fourth-order valence-corrected chi connectivity index (χ4v) is 2.45. The fraction of sp³-hybridized carbons (Fsp3) is 0.533. The van der Waals surface area contributed by atoms with Crippen LogP contribution >= 0.6 is 0 Å². The van der Waals surface area contributed by atoms with E-state index in [1.54, 1.807) is 17.0 Å². The van der Waals surface area contributed by atoms with Gasteiger partial charge in [-0.1, -0.05) is 20.8 Å². The average Bonchev–Trinajstić information content (AvgIpc) is 2.45. The lowest BCUT2D eigenvalue weighted by Gasteiger charge is -2.43. The molecule has 0 bridgehead atoms. The van der Waals surface area contributed by atoms with E-state index in [1.807, 2.05) is 0 Å². The molecule has 0 saturated carbocycles. The molecule has 2 heterocycles. The molecule has 1 fully saturated rings. The summed E-state index contributed by atoms with van der Waals surface area (Å²) in [6.45, 7) is 6.72. The number of hydrogen-bond acceptors (Lipinski definition) is 4. The van der Waals surface area contributed by atoms with Crippen molar-refractivity contribution in [1.29, 1.82) is 0 Å². The summed E-state index contributed by atoms with van der Waals surface area (Å²) in [4.78, 5) is 30.0. The second-order valence-electron chi connectivity index (χ2n) is 6.21.